The van der Waals surface area contributed by atoms with Crippen molar-refractivity contribution in [2.24, 2.45) is 5.73 Å². The van der Waals surface area contributed by atoms with Gasteiger partial charge in [-0.1, -0.05) is 84.4 Å². The molecule has 0 atom stereocenters. The number of benzene rings is 3. The molecule has 1 heterocycles. The number of nitrogens with two attached hydrogens (primary N) is 1. The van der Waals surface area contributed by atoms with E-state index in [9.17, 15) is 4.79 Å². The molecule has 228 valence electrons. The number of nitrogens with one attached hydrogen (secondary N) is 3. The number of nitrogen functional groups attached to an aromatic ring is 1. The fraction of sp³-hybridized carbons (Fsp3) is 0.278. The van der Waals surface area contributed by atoms with Crippen molar-refractivity contribution in [3.63, 3.8) is 0 Å². The summed E-state index contributed by atoms with van der Waals surface area (Å²) in [6.07, 6.45) is 6.35. The van der Waals surface area contributed by atoms with E-state index in [0.717, 1.165) is 53.9 Å². The van der Waals surface area contributed by atoms with Crippen LogP contribution >= 0.6 is 11.6 Å². The molecule has 1 aliphatic heterocycles. The first-order valence-electron chi connectivity index (χ1n) is 15.1. The van der Waals surface area contributed by atoms with Crippen molar-refractivity contribution in [3.05, 3.63) is 129 Å². The number of anilines is 1. The van der Waals surface area contributed by atoms with Crippen LogP contribution in [-0.4, -0.2) is 43.8 Å². The molecule has 0 radical (unpaired) electrons. The first-order chi connectivity index (χ1) is 21.3. The number of amides is 1. The number of halogens is 1. The highest BCUT2D eigenvalue weighted by atomic mass is 35.5. The monoisotopic (exact) mass is 608 g/mol. The van der Waals surface area contributed by atoms with E-state index in [-0.39, 0.29) is 11.7 Å². The van der Waals surface area contributed by atoms with Crippen molar-refractivity contribution >= 4 is 34.7 Å². The minimum atomic E-state index is -0.0935. The van der Waals surface area contributed by atoms with Gasteiger partial charge in [-0.3, -0.25) is 15.1 Å². The van der Waals surface area contributed by atoms with Crippen LogP contribution in [0.4, 0.5) is 5.69 Å². The molecule has 3 aromatic rings. The van der Waals surface area contributed by atoms with Crippen LogP contribution in [-0.2, 0) is 17.8 Å². The lowest BCUT2D eigenvalue weighted by atomic mass is 9.90. The average molecular weight is 609 g/mol. The number of allylic oxidation sites excluding steroid dienone is 3. The maximum absolute atomic E-state index is 14.4. The average Bonchev–Trinajstić information content (AvgIpc) is 3.11. The summed E-state index contributed by atoms with van der Waals surface area (Å²) in [5.41, 5.74) is 14.3. The van der Waals surface area contributed by atoms with Gasteiger partial charge >= 0.3 is 0 Å². The molecule has 8 heteroatoms. The summed E-state index contributed by atoms with van der Waals surface area (Å²) in [6.45, 7) is 1.62. The second kappa shape index (κ2) is 14.3. The molecule has 1 amide bonds. The highest BCUT2D eigenvalue weighted by molar-refractivity contribution is 6.33. The zero-order valence-corrected chi connectivity index (χ0v) is 26.3. The Morgan fingerprint density at radius 2 is 1.75 bits per heavy atom. The molecule has 1 fully saturated rings. The summed E-state index contributed by atoms with van der Waals surface area (Å²) in [7, 11) is 4.01. The minimum absolute atomic E-state index is 0.0530. The topological polar surface area (TPSA) is 97.5 Å². The van der Waals surface area contributed by atoms with E-state index in [1.807, 2.05) is 79.7 Å². The van der Waals surface area contributed by atoms with Gasteiger partial charge in [-0.25, -0.2) is 0 Å². The van der Waals surface area contributed by atoms with Gasteiger partial charge in [0.25, 0.3) is 5.91 Å². The summed E-state index contributed by atoms with van der Waals surface area (Å²) >= 11 is 7.07. The van der Waals surface area contributed by atoms with Crippen molar-refractivity contribution in [3.8, 4) is 0 Å². The van der Waals surface area contributed by atoms with Crippen molar-refractivity contribution in [1.29, 1.82) is 5.41 Å². The zero-order chi connectivity index (χ0) is 31.1. The standard InChI is InChI=1S/C36H41ClN6O/c1-42(2)30-13-7-12-29(22-30)34-31(37)18-19-32(40-21-20-25-8-4-3-5-9-25)36(44)43(34)24-33(27-10-6-11-27)41-23-26-14-16-28(17-15-26)35(38)39/h3-5,7-9,12-17,19,22,40-41H,6,10-11,18,20-21,23-24H2,1-2H3,(H3,38,39). The van der Waals surface area contributed by atoms with Gasteiger partial charge in [0.05, 0.1) is 17.9 Å². The summed E-state index contributed by atoms with van der Waals surface area (Å²) < 4.78 is 0. The van der Waals surface area contributed by atoms with Crippen LogP contribution in [0, 0.1) is 5.41 Å². The fourth-order valence-corrected chi connectivity index (χ4v) is 5.70. The van der Waals surface area contributed by atoms with Crippen LogP contribution < -0.4 is 21.3 Å². The van der Waals surface area contributed by atoms with Crippen LogP contribution in [0.5, 0.6) is 0 Å². The molecule has 44 heavy (non-hydrogen) atoms. The van der Waals surface area contributed by atoms with Gasteiger partial charge in [0, 0.05) is 61.1 Å². The van der Waals surface area contributed by atoms with Gasteiger partial charge in [-0.05, 0) is 54.5 Å². The van der Waals surface area contributed by atoms with Gasteiger partial charge in [0.2, 0.25) is 0 Å². The predicted molar refractivity (Wildman–Crippen MR) is 181 cm³/mol. The van der Waals surface area contributed by atoms with Crippen LogP contribution in [0.15, 0.2) is 107 Å². The maximum Gasteiger partial charge on any atom is 0.274 e. The number of amidine groups is 1. The molecule has 5 N–H and O–H groups in total. The Kier molecular flexibility index (Phi) is 10.1. The number of rotatable bonds is 12. The van der Waals surface area contributed by atoms with Crippen molar-refractivity contribution in [2.75, 3.05) is 32.1 Å². The van der Waals surface area contributed by atoms with Gasteiger partial charge in [-0.15, -0.1) is 0 Å². The van der Waals surface area contributed by atoms with E-state index in [2.05, 4.69) is 39.8 Å². The van der Waals surface area contributed by atoms with Crippen molar-refractivity contribution < 1.29 is 4.79 Å². The molecular formula is C36H41ClN6O. The van der Waals surface area contributed by atoms with Gasteiger partial charge in [0.1, 0.15) is 5.84 Å². The molecule has 0 aromatic heterocycles. The third-order valence-corrected chi connectivity index (χ3v) is 8.50. The normalized spacial score (nSPS) is 14.9. The lowest BCUT2D eigenvalue weighted by Gasteiger charge is -2.31. The molecule has 7 nitrogen and oxygen atoms in total. The Labute approximate surface area is 265 Å². The third kappa shape index (κ3) is 7.53. The number of nitrogens with zero attached hydrogens (tertiary/aromatic N) is 2. The first-order valence-corrected chi connectivity index (χ1v) is 15.5. The van der Waals surface area contributed by atoms with E-state index in [1.165, 1.54) is 11.1 Å². The predicted octanol–water partition coefficient (Wildman–Crippen LogP) is 6.12. The maximum atomic E-state index is 14.4. The number of hydrogen-bond donors (Lipinski definition) is 4. The van der Waals surface area contributed by atoms with Gasteiger partial charge in [0.15, 0.2) is 0 Å². The second-order valence-electron chi connectivity index (χ2n) is 11.5. The molecule has 2 aliphatic rings. The molecule has 5 rings (SSSR count). The van der Waals surface area contributed by atoms with E-state index in [0.29, 0.717) is 42.3 Å². The van der Waals surface area contributed by atoms with E-state index in [4.69, 9.17) is 22.7 Å². The van der Waals surface area contributed by atoms with E-state index in [1.54, 1.807) is 0 Å². The van der Waals surface area contributed by atoms with Crippen LogP contribution in [0.3, 0.4) is 0 Å². The van der Waals surface area contributed by atoms with Crippen LogP contribution in [0.1, 0.15) is 47.9 Å². The number of carbonyl (C=O) groups is 1. The third-order valence-electron chi connectivity index (χ3n) is 8.17. The molecule has 3 aromatic carbocycles. The molecule has 0 bridgehead atoms. The summed E-state index contributed by atoms with van der Waals surface area (Å²) in [6, 6.07) is 26.1. The summed E-state index contributed by atoms with van der Waals surface area (Å²) in [5, 5.41) is 15.4. The number of hydrogen-bond acceptors (Lipinski definition) is 5. The quantitative estimate of drug-likeness (QED) is 0.147. The van der Waals surface area contributed by atoms with Crippen molar-refractivity contribution in [1.82, 2.24) is 15.5 Å². The number of carbonyl (C=O) groups excluding carboxylic acids is 1. The Hall–Kier alpha value is -4.49. The highest BCUT2D eigenvalue weighted by Gasteiger charge is 2.30. The molecular weight excluding hydrogens is 568 g/mol. The molecule has 1 saturated carbocycles. The Balaban J connectivity index is 1.43. The molecule has 0 spiro atoms. The SMILES string of the molecule is CN(C)c1cccc(C2=C(Cl)CC=C(NCCc3ccccc3)C(=O)N2CC(NCc2ccc(C(=N)N)cc2)=C2CCC2)c1. The smallest absolute Gasteiger partial charge is 0.274 e. The minimum Gasteiger partial charge on any atom is -0.384 e. The van der Waals surface area contributed by atoms with Crippen LogP contribution in [0.25, 0.3) is 5.70 Å². The molecule has 0 unspecified atom stereocenters. The summed E-state index contributed by atoms with van der Waals surface area (Å²) in [5.74, 6) is -0.0405. The van der Waals surface area contributed by atoms with E-state index < -0.39 is 0 Å². The lowest BCUT2D eigenvalue weighted by Crippen LogP contribution is -2.39. The fourth-order valence-electron chi connectivity index (χ4n) is 5.41. The second-order valence-corrected chi connectivity index (χ2v) is 11.9. The molecule has 0 saturated heterocycles. The highest BCUT2D eigenvalue weighted by Crippen LogP contribution is 2.35. The Morgan fingerprint density at radius 1 is 1.00 bits per heavy atom. The van der Waals surface area contributed by atoms with E-state index >= 15 is 0 Å². The first kappa shape index (κ1) is 31.0. The van der Waals surface area contributed by atoms with Gasteiger partial charge < -0.3 is 21.3 Å². The summed E-state index contributed by atoms with van der Waals surface area (Å²) in [4.78, 5) is 18.3. The molecule has 1 aliphatic carbocycles. The lowest BCUT2D eigenvalue weighted by molar-refractivity contribution is -0.124. The largest absolute Gasteiger partial charge is 0.384 e. The zero-order valence-electron chi connectivity index (χ0n) is 25.5. The Morgan fingerprint density at radius 3 is 2.41 bits per heavy atom. The van der Waals surface area contributed by atoms with Gasteiger partial charge in [-0.2, -0.15) is 0 Å². The Bertz CT molecular complexity index is 1580. The van der Waals surface area contributed by atoms with Crippen molar-refractivity contribution in [2.45, 2.75) is 38.6 Å². The van der Waals surface area contributed by atoms with Crippen LogP contribution in [0.2, 0.25) is 0 Å².